The summed E-state index contributed by atoms with van der Waals surface area (Å²) in [6.07, 6.45) is 7.36. The summed E-state index contributed by atoms with van der Waals surface area (Å²) in [5.41, 5.74) is 0. The summed E-state index contributed by atoms with van der Waals surface area (Å²) in [6.45, 7) is 4.09. The molecule has 19 heavy (non-hydrogen) atoms. The van der Waals surface area contributed by atoms with Gasteiger partial charge in [-0.15, -0.1) is 0 Å². The van der Waals surface area contributed by atoms with Crippen LogP contribution in [0.3, 0.4) is 0 Å². The largest absolute Gasteiger partial charge is 0.341 e. The van der Waals surface area contributed by atoms with Crippen molar-refractivity contribution >= 4 is 5.91 Å². The zero-order valence-electron chi connectivity index (χ0n) is 12.3. The van der Waals surface area contributed by atoms with E-state index in [1.165, 1.54) is 38.5 Å². The summed E-state index contributed by atoms with van der Waals surface area (Å²) in [5.74, 6) is 0.373. The van der Waals surface area contributed by atoms with Gasteiger partial charge in [0.1, 0.15) is 0 Å². The number of hydrogen-bond acceptors (Lipinski definition) is 3. The second-order valence-corrected chi connectivity index (χ2v) is 6.50. The second-order valence-electron chi connectivity index (χ2n) is 6.50. The molecule has 4 nitrogen and oxygen atoms in total. The van der Waals surface area contributed by atoms with Crippen molar-refractivity contribution < 1.29 is 4.79 Å². The Morgan fingerprint density at radius 3 is 2.26 bits per heavy atom. The molecule has 0 aromatic heterocycles. The van der Waals surface area contributed by atoms with Crippen molar-refractivity contribution in [3.05, 3.63) is 0 Å². The predicted octanol–water partition coefficient (Wildman–Crippen LogP) is 1.21. The van der Waals surface area contributed by atoms with Crippen LogP contribution >= 0.6 is 0 Å². The maximum atomic E-state index is 12.6. The van der Waals surface area contributed by atoms with E-state index in [9.17, 15) is 4.79 Å². The van der Waals surface area contributed by atoms with Crippen molar-refractivity contribution in [2.75, 3.05) is 20.1 Å². The topological polar surface area (TPSA) is 35.6 Å². The molecule has 2 bridgehead atoms. The fourth-order valence-electron chi connectivity index (χ4n) is 4.41. The first-order valence-corrected chi connectivity index (χ1v) is 7.94. The third-order valence-electron chi connectivity index (χ3n) is 5.42. The van der Waals surface area contributed by atoms with Gasteiger partial charge in [0.2, 0.25) is 5.91 Å². The van der Waals surface area contributed by atoms with Gasteiger partial charge in [-0.2, -0.15) is 0 Å². The number of likely N-dealkylation sites (tertiary alicyclic amines) is 1. The molecule has 108 valence electrons. The van der Waals surface area contributed by atoms with E-state index in [-0.39, 0.29) is 6.04 Å². The van der Waals surface area contributed by atoms with Gasteiger partial charge in [-0.25, -0.2) is 0 Å². The van der Waals surface area contributed by atoms with Gasteiger partial charge in [0.15, 0.2) is 0 Å². The van der Waals surface area contributed by atoms with Crippen LogP contribution in [0.1, 0.15) is 45.4 Å². The van der Waals surface area contributed by atoms with Crippen LogP contribution in [-0.4, -0.2) is 60.0 Å². The lowest BCUT2D eigenvalue weighted by atomic mass is 9.95. The molecule has 0 saturated carbocycles. The molecule has 3 aliphatic heterocycles. The SMILES string of the molecule is CNC1CC2CCC(C1)N2C(C)C(=O)N1CCCC1. The van der Waals surface area contributed by atoms with Gasteiger partial charge in [-0.05, 0) is 52.5 Å². The van der Waals surface area contributed by atoms with Crippen LogP contribution in [0.15, 0.2) is 0 Å². The molecule has 3 rings (SSSR count). The molecule has 3 atom stereocenters. The molecule has 0 aliphatic carbocycles. The smallest absolute Gasteiger partial charge is 0.239 e. The fraction of sp³-hybridized carbons (Fsp3) is 0.933. The van der Waals surface area contributed by atoms with E-state index in [4.69, 9.17) is 0 Å². The van der Waals surface area contributed by atoms with Gasteiger partial charge in [0, 0.05) is 31.2 Å². The average Bonchev–Trinajstić information content (AvgIpc) is 3.04. The van der Waals surface area contributed by atoms with Crippen molar-refractivity contribution in [3.63, 3.8) is 0 Å². The summed E-state index contributed by atoms with van der Waals surface area (Å²) in [7, 11) is 2.07. The third kappa shape index (κ3) is 2.40. The quantitative estimate of drug-likeness (QED) is 0.833. The molecule has 3 fully saturated rings. The second kappa shape index (κ2) is 5.41. The number of rotatable bonds is 3. The Morgan fingerprint density at radius 1 is 1.16 bits per heavy atom. The Morgan fingerprint density at radius 2 is 1.74 bits per heavy atom. The first kappa shape index (κ1) is 13.4. The maximum absolute atomic E-state index is 12.6. The van der Waals surface area contributed by atoms with E-state index in [0.717, 1.165) is 13.1 Å². The number of nitrogens with one attached hydrogen (secondary N) is 1. The Labute approximate surface area is 116 Å². The number of fused-ring (bicyclic) bond motifs is 2. The van der Waals surface area contributed by atoms with Gasteiger partial charge < -0.3 is 10.2 Å². The molecule has 3 saturated heterocycles. The number of amides is 1. The van der Waals surface area contributed by atoms with Crippen LogP contribution in [0.5, 0.6) is 0 Å². The summed E-state index contributed by atoms with van der Waals surface area (Å²) in [5, 5.41) is 3.43. The molecule has 0 aromatic rings. The van der Waals surface area contributed by atoms with Crippen molar-refractivity contribution in [2.24, 2.45) is 0 Å². The highest BCUT2D eigenvalue weighted by molar-refractivity contribution is 5.81. The molecule has 4 heteroatoms. The summed E-state index contributed by atoms with van der Waals surface area (Å²) >= 11 is 0. The normalized spacial score (nSPS) is 36.7. The van der Waals surface area contributed by atoms with Crippen molar-refractivity contribution in [1.29, 1.82) is 0 Å². The highest BCUT2D eigenvalue weighted by Gasteiger charge is 2.44. The maximum Gasteiger partial charge on any atom is 0.239 e. The number of nitrogens with zero attached hydrogens (tertiary/aromatic N) is 2. The van der Waals surface area contributed by atoms with E-state index < -0.39 is 0 Å². The summed E-state index contributed by atoms with van der Waals surface area (Å²) < 4.78 is 0. The third-order valence-corrected chi connectivity index (χ3v) is 5.42. The Bertz CT molecular complexity index is 326. The lowest BCUT2D eigenvalue weighted by Crippen LogP contribution is -2.56. The van der Waals surface area contributed by atoms with Crippen LogP contribution in [-0.2, 0) is 4.79 Å². The van der Waals surface area contributed by atoms with Gasteiger partial charge in [-0.3, -0.25) is 9.69 Å². The molecular weight excluding hydrogens is 238 g/mol. The van der Waals surface area contributed by atoms with Crippen LogP contribution in [0, 0.1) is 0 Å². The minimum absolute atomic E-state index is 0.0911. The number of carbonyl (C=O) groups excluding carboxylic acids is 1. The molecule has 0 radical (unpaired) electrons. The van der Waals surface area contributed by atoms with Gasteiger partial charge in [0.25, 0.3) is 0 Å². The van der Waals surface area contributed by atoms with Gasteiger partial charge in [0.05, 0.1) is 6.04 Å². The van der Waals surface area contributed by atoms with Crippen molar-refractivity contribution in [1.82, 2.24) is 15.1 Å². The van der Waals surface area contributed by atoms with E-state index in [1.54, 1.807) is 0 Å². The van der Waals surface area contributed by atoms with Gasteiger partial charge >= 0.3 is 0 Å². The molecule has 1 amide bonds. The Balaban J connectivity index is 1.67. The Hall–Kier alpha value is -0.610. The Kier molecular flexibility index (Phi) is 3.81. The van der Waals surface area contributed by atoms with E-state index >= 15 is 0 Å². The van der Waals surface area contributed by atoms with Crippen molar-refractivity contribution in [2.45, 2.75) is 69.6 Å². The predicted molar refractivity (Wildman–Crippen MR) is 76.0 cm³/mol. The van der Waals surface area contributed by atoms with Crippen LogP contribution < -0.4 is 5.32 Å². The molecule has 0 spiro atoms. The monoisotopic (exact) mass is 265 g/mol. The zero-order chi connectivity index (χ0) is 13.4. The average molecular weight is 265 g/mol. The molecule has 3 aliphatic rings. The van der Waals surface area contributed by atoms with E-state index in [2.05, 4.69) is 29.1 Å². The van der Waals surface area contributed by atoms with Crippen LogP contribution in [0.2, 0.25) is 0 Å². The van der Waals surface area contributed by atoms with Crippen molar-refractivity contribution in [3.8, 4) is 0 Å². The van der Waals surface area contributed by atoms with E-state index in [0.29, 0.717) is 24.0 Å². The highest BCUT2D eigenvalue weighted by Crippen LogP contribution is 2.37. The molecule has 0 aromatic carbocycles. The fourth-order valence-corrected chi connectivity index (χ4v) is 4.41. The van der Waals surface area contributed by atoms with Crippen LogP contribution in [0.4, 0.5) is 0 Å². The lowest BCUT2D eigenvalue weighted by molar-refractivity contribution is -0.137. The van der Waals surface area contributed by atoms with E-state index in [1.807, 2.05) is 0 Å². The zero-order valence-corrected chi connectivity index (χ0v) is 12.3. The number of piperidine rings is 1. The lowest BCUT2D eigenvalue weighted by Gasteiger charge is -2.42. The molecule has 1 N–H and O–H groups in total. The molecule has 3 unspecified atom stereocenters. The van der Waals surface area contributed by atoms with Gasteiger partial charge in [-0.1, -0.05) is 0 Å². The minimum Gasteiger partial charge on any atom is -0.341 e. The number of carbonyl (C=O) groups is 1. The number of hydrogen-bond donors (Lipinski definition) is 1. The van der Waals surface area contributed by atoms with Crippen LogP contribution in [0.25, 0.3) is 0 Å². The minimum atomic E-state index is 0.0911. The summed E-state index contributed by atoms with van der Waals surface area (Å²) in [4.78, 5) is 17.2. The molecule has 3 heterocycles. The highest BCUT2D eigenvalue weighted by atomic mass is 16.2. The summed E-state index contributed by atoms with van der Waals surface area (Å²) in [6, 6.07) is 1.99. The molecular formula is C15H27N3O. The standard InChI is InChI=1S/C15H27N3O/c1-11(15(19)17-7-3-4-8-17)18-13-5-6-14(18)10-12(9-13)16-2/h11-14,16H,3-10H2,1-2H3. The first-order chi connectivity index (χ1) is 9.20. The first-order valence-electron chi connectivity index (χ1n) is 7.94.